The Morgan fingerprint density at radius 3 is 2.68 bits per heavy atom. The van der Waals surface area contributed by atoms with Crippen molar-refractivity contribution in [3.8, 4) is 0 Å². The molecule has 1 atom stereocenters. The summed E-state index contributed by atoms with van der Waals surface area (Å²) in [7, 11) is 0. The summed E-state index contributed by atoms with van der Waals surface area (Å²) >= 11 is 1.42. The van der Waals surface area contributed by atoms with Gasteiger partial charge in [-0.2, -0.15) is 0 Å². The molecule has 2 fully saturated rings. The Labute approximate surface area is 168 Å². The van der Waals surface area contributed by atoms with Gasteiger partial charge in [-0.1, -0.05) is 18.2 Å². The lowest BCUT2D eigenvalue weighted by molar-refractivity contribution is -0.121. The third-order valence-corrected chi connectivity index (χ3v) is 6.20. The van der Waals surface area contributed by atoms with Crippen LogP contribution in [0.4, 0.5) is 11.4 Å². The summed E-state index contributed by atoms with van der Waals surface area (Å²) in [5, 5.41) is 4.89. The molecule has 2 saturated heterocycles. The van der Waals surface area contributed by atoms with Crippen molar-refractivity contribution in [2.24, 2.45) is 5.92 Å². The zero-order valence-electron chi connectivity index (χ0n) is 15.6. The molecule has 0 aliphatic carbocycles. The second-order valence-corrected chi connectivity index (χ2v) is 8.17. The van der Waals surface area contributed by atoms with E-state index in [9.17, 15) is 14.4 Å². The summed E-state index contributed by atoms with van der Waals surface area (Å²) in [5.74, 6) is -0.259. The van der Waals surface area contributed by atoms with Crippen LogP contribution in [0.25, 0.3) is 0 Å². The number of nitrogens with zero attached hydrogens (tertiary/aromatic N) is 2. The molecule has 1 N–H and O–H groups in total. The molecule has 3 amide bonds. The highest BCUT2D eigenvalue weighted by Gasteiger charge is 2.30. The van der Waals surface area contributed by atoms with Crippen LogP contribution in [0.5, 0.6) is 0 Å². The molecule has 0 spiro atoms. The summed E-state index contributed by atoms with van der Waals surface area (Å²) in [4.78, 5) is 41.9. The molecule has 2 aliphatic heterocycles. The summed E-state index contributed by atoms with van der Waals surface area (Å²) < 4.78 is 0. The second kappa shape index (κ2) is 8.14. The molecule has 3 heterocycles. The fourth-order valence-corrected chi connectivity index (χ4v) is 4.57. The van der Waals surface area contributed by atoms with E-state index in [1.807, 2.05) is 41.8 Å². The maximum absolute atomic E-state index is 12.9. The van der Waals surface area contributed by atoms with Crippen molar-refractivity contribution in [2.45, 2.75) is 25.7 Å². The number of hydrogen-bond acceptors (Lipinski definition) is 4. The SMILES string of the molecule is O=C(Nc1ccccc1N1CCCC1=O)C1CCCN(C(=O)c2cccs2)C1. The number of benzene rings is 1. The summed E-state index contributed by atoms with van der Waals surface area (Å²) in [6.45, 7) is 1.78. The monoisotopic (exact) mass is 397 g/mol. The van der Waals surface area contributed by atoms with Crippen molar-refractivity contribution < 1.29 is 14.4 Å². The zero-order valence-corrected chi connectivity index (χ0v) is 16.4. The van der Waals surface area contributed by atoms with Crippen LogP contribution < -0.4 is 10.2 Å². The molecule has 0 bridgehead atoms. The molecule has 2 aromatic rings. The Kier molecular flexibility index (Phi) is 5.43. The van der Waals surface area contributed by atoms with Gasteiger partial charge in [-0.15, -0.1) is 11.3 Å². The lowest BCUT2D eigenvalue weighted by Gasteiger charge is -2.32. The molecular formula is C21H23N3O3S. The first-order chi connectivity index (χ1) is 13.6. The molecular weight excluding hydrogens is 374 g/mol. The quantitative estimate of drug-likeness (QED) is 0.860. The first kappa shape index (κ1) is 18.7. The van der Waals surface area contributed by atoms with E-state index in [0.717, 1.165) is 24.9 Å². The lowest BCUT2D eigenvalue weighted by Crippen LogP contribution is -2.43. The number of carbonyl (C=O) groups is 3. The van der Waals surface area contributed by atoms with Crippen LogP contribution >= 0.6 is 11.3 Å². The number of piperidine rings is 1. The smallest absolute Gasteiger partial charge is 0.263 e. The van der Waals surface area contributed by atoms with Crippen LogP contribution in [0, 0.1) is 5.92 Å². The van der Waals surface area contributed by atoms with Crippen molar-refractivity contribution in [1.29, 1.82) is 0 Å². The zero-order chi connectivity index (χ0) is 19.5. The number of carbonyl (C=O) groups excluding carboxylic acids is 3. The van der Waals surface area contributed by atoms with E-state index in [-0.39, 0.29) is 23.6 Å². The number of rotatable bonds is 4. The molecule has 4 rings (SSSR count). The Hall–Kier alpha value is -2.67. The van der Waals surface area contributed by atoms with Crippen LogP contribution in [0.1, 0.15) is 35.4 Å². The first-order valence-electron chi connectivity index (χ1n) is 9.66. The van der Waals surface area contributed by atoms with Gasteiger partial charge in [-0.05, 0) is 42.8 Å². The minimum absolute atomic E-state index is 0.00411. The Bertz CT molecular complexity index is 881. The van der Waals surface area contributed by atoms with Crippen molar-refractivity contribution in [3.63, 3.8) is 0 Å². The third kappa shape index (κ3) is 3.80. The van der Waals surface area contributed by atoms with Crippen LogP contribution in [-0.4, -0.2) is 42.3 Å². The second-order valence-electron chi connectivity index (χ2n) is 7.22. The van der Waals surface area contributed by atoms with E-state index in [1.165, 1.54) is 11.3 Å². The summed E-state index contributed by atoms with van der Waals surface area (Å²) in [6, 6.07) is 11.1. The molecule has 0 saturated carbocycles. The Morgan fingerprint density at radius 1 is 1.07 bits per heavy atom. The van der Waals surface area contributed by atoms with Gasteiger partial charge in [0.25, 0.3) is 5.91 Å². The molecule has 1 aromatic heterocycles. The first-order valence-corrected chi connectivity index (χ1v) is 10.5. The molecule has 0 radical (unpaired) electrons. The predicted molar refractivity (Wildman–Crippen MR) is 110 cm³/mol. The van der Waals surface area contributed by atoms with Crippen LogP contribution in [0.15, 0.2) is 41.8 Å². The minimum atomic E-state index is -0.250. The lowest BCUT2D eigenvalue weighted by atomic mass is 9.96. The highest BCUT2D eigenvalue weighted by molar-refractivity contribution is 7.12. The Balaban J connectivity index is 1.45. The number of nitrogens with one attached hydrogen (secondary N) is 1. The number of likely N-dealkylation sites (tertiary alicyclic amines) is 1. The number of para-hydroxylation sites is 2. The molecule has 1 unspecified atom stereocenters. The fourth-order valence-electron chi connectivity index (χ4n) is 3.88. The van der Waals surface area contributed by atoms with Gasteiger partial charge in [0.15, 0.2) is 0 Å². The fraction of sp³-hybridized carbons (Fsp3) is 0.381. The van der Waals surface area contributed by atoms with Crippen LogP contribution in [-0.2, 0) is 9.59 Å². The van der Waals surface area contributed by atoms with Gasteiger partial charge in [-0.3, -0.25) is 14.4 Å². The third-order valence-electron chi connectivity index (χ3n) is 5.34. The maximum atomic E-state index is 12.9. The largest absolute Gasteiger partial charge is 0.337 e. The van der Waals surface area contributed by atoms with E-state index < -0.39 is 0 Å². The van der Waals surface area contributed by atoms with Gasteiger partial charge < -0.3 is 15.1 Å². The minimum Gasteiger partial charge on any atom is -0.337 e. The number of thiophene rings is 1. The molecule has 146 valence electrons. The topological polar surface area (TPSA) is 69.7 Å². The van der Waals surface area contributed by atoms with E-state index in [0.29, 0.717) is 36.6 Å². The standard InChI is InChI=1S/C21H23N3O3S/c25-19-10-4-12-24(19)17-8-2-1-7-16(17)22-20(26)15-6-3-11-23(14-15)21(27)18-9-5-13-28-18/h1-2,5,7-9,13,15H,3-4,6,10-12,14H2,(H,22,26). The van der Waals surface area contributed by atoms with Gasteiger partial charge in [-0.25, -0.2) is 0 Å². The van der Waals surface area contributed by atoms with Crippen LogP contribution in [0.3, 0.4) is 0 Å². The average Bonchev–Trinajstić information content (AvgIpc) is 3.40. The van der Waals surface area contributed by atoms with Gasteiger partial charge in [0.2, 0.25) is 11.8 Å². The van der Waals surface area contributed by atoms with Gasteiger partial charge >= 0.3 is 0 Å². The van der Waals surface area contributed by atoms with E-state index in [2.05, 4.69) is 5.32 Å². The van der Waals surface area contributed by atoms with Gasteiger partial charge in [0.1, 0.15) is 0 Å². The van der Waals surface area contributed by atoms with Crippen LogP contribution in [0.2, 0.25) is 0 Å². The van der Waals surface area contributed by atoms with E-state index >= 15 is 0 Å². The molecule has 7 heteroatoms. The molecule has 6 nitrogen and oxygen atoms in total. The molecule has 2 aliphatic rings. The average molecular weight is 398 g/mol. The van der Waals surface area contributed by atoms with Gasteiger partial charge in [0.05, 0.1) is 22.2 Å². The van der Waals surface area contributed by atoms with Crippen molar-refractivity contribution in [2.75, 3.05) is 29.9 Å². The molecule has 28 heavy (non-hydrogen) atoms. The molecule has 1 aromatic carbocycles. The predicted octanol–water partition coefficient (Wildman–Crippen LogP) is 3.37. The van der Waals surface area contributed by atoms with Crippen molar-refractivity contribution >= 4 is 40.4 Å². The number of hydrogen-bond donors (Lipinski definition) is 1. The normalized spacial score (nSPS) is 19.7. The van der Waals surface area contributed by atoms with Crippen molar-refractivity contribution in [1.82, 2.24) is 4.90 Å². The Morgan fingerprint density at radius 2 is 1.93 bits per heavy atom. The van der Waals surface area contributed by atoms with Crippen molar-refractivity contribution in [3.05, 3.63) is 46.7 Å². The highest BCUT2D eigenvalue weighted by atomic mass is 32.1. The maximum Gasteiger partial charge on any atom is 0.263 e. The number of amides is 3. The number of anilines is 2. The summed E-state index contributed by atoms with van der Waals surface area (Å²) in [6.07, 6.45) is 2.94. The van der Waals surface area contributed by atoms with Gasteiger partial charge in [0, 0.05) is 26.1 Å². The van der Waals surface area contributed by atoms with E-state index in [4.69, 9.17) is 0 Å². The highest BCUT2D eigenvalue weighted by Crippen LogP contribution is 2.30. The summed E-state index contributed by atoms with van der Waals surface area (Å²) in [5.41, 5.74) is 1.41. The van der Waals surface area contributed by atoms with E-state index in [1.54, 1.807) is 9.80 Å².